The molecule has 92 valence electrons. The van der Waals surface area contributed by atoms with Gasteiger partial charge in [-0.15, -0.1) is 0 Å². The maximum absolute atomic E-state index is 5.24. The van der Waals surface area contributed by atoms with Crippen LogP contribution in [0.4, 0.5) is 5.82 Å². The number of rotatable bonds is 3. The Hall–Kier alpha value is -1.94. The van der Waals surface area contributed by atoms with Crippen molar-refractivity contribution in [2.24, 2.45) is 0 Å². The first-order chi connectivity index (χ1) is 8.74. The summed E-state index contributed by atoms with van der Waals surface area (Å²) in [5.41, 5.74) is 2.29. The van der Waals surface area contributed by atoms with Crippen LogP contribution in [0.1, 0.15) is 11.3 Å². The molecule has 0 saturated heterocycles. The highest BCUT2D eigenvalue weighted by molar-refractivity contribution is 7.80. The molecule has 3 nitrogen and oxygen atoms in total. The minimum atomic E-state index is 0.612. The molecule has 2 aromatic rings. The van der Waals surface area contributed by atoms with Gasteiger partial charge < -0.3 is 5.32 Å². The normalized spacial score (nSPS) is 9.83. The Kier molecular flexibility index (Phi) is 4.25. The number of H-pyrrole nitrogens is 1. The van der Waals surface area contributed by atoms with E-state index in [1.54, 1.807) is 0 Å². The Balaban J connectivity index is 1.86. The molecule has 1 aromatic heterocycles. The van der Waals surface area contributed by atoms with Crippen LogP contribution in [0.2, 0.25) is 0 Å². The Labute approximate surface area is 112 Å². The lowest BCUT2D eigenvalue weighted by Gasteiger charge is -2.05. The van der Waals surface area contributed by atoms with Crippen molar-refractivity contribution in [3.05, 3.63) is 59.8 Å². The minimum Gasteiger partial charge on any atom is -0.339 e. The number of aromatic amines is 1. The molecule has 0 fully saturated rings. The van der Waals surface area contributed by atoms with Crippen LogP contribution in [0, 0.1) is 6.92 Å². The van der Waals surface area contributed by atoms with E-state index in [1.807, 2.05) is 43.3 Å². The molecule has 2 rings (SSSR count). The summed E-state index contributed by atoms with van der Waals surface area (Å²) in [6, 6.07) is 16.1. The van der Waals surface area contributed by atoms with Gasteiger partial charge in [0, 0.05) is 12.6 Å². The average Bonchev–Trinajstić information content (AvgIpc) is 2.38. The van der Waals surface area contributed by atoms with E-state index >= 15 is 0 Å². The van der Waals surface area contributed by atoms with Gasteiger partial charge in [-0.3, -0.25) is 0 Å². The summed E-state index contributed by atoms with van der Waals surface area (Å²) in [6.07, 6.45) is 0. The molecule has 0 bridgehead atoms. The van der Waals surface area contributed by atoms with Crippen molar-refractivity contribution in [2.75, 3.05) is 5.32 Å². The van der Waals surface area contributed by atoms with Crippen LogP contribution in [0.15, 0.2) is 48.5 Å². The predicted octanol–water partition coefficient (Wildman–Crippen LogP) is 2.30. The summed E-state index contributed by atoms with van der Waals surface area (Å²) >= 11 is 5.24. The Bertz CT molecular complexity index is 526. The lowest BCUT2D eigenvalue weighted by atomic mass is 10.2. The second-order valence-electron chi connectivity index (χ2n) is 4.04. The van der Waals surface area contributed by atoms with Gasteiger partial charge >= 0.3 is 0 Å². The fraction of sp³-hybridized carbons (Fsp3) is 0.143. The van der Waals surface area contributed by atoms with E-state index in [4.69, 9.17) is 12.2 Å². The number of hydrogen-bond donors (Lipinski definition) is 2. The van der Waals surface area contributed by atoms with Crippen molar-refractivity contribution in [1.82, 2.24) is 5.32 Å². The van der Waals surface area contributed by atoms with Crippen LogP contribution in [0.3, 0.4) is 0 Å². The summed E-state index contributed by atoms with van der Waals surface area (Å²) in [6.45, 7) is 2.73. The number of pyridine rings is 1. The highest BCUT2D eigenvalue weighted by atomic mass is 32.1. The number of aromatic nitrogens is 1. The molecule has 0 atom stereocenters. The summed E-state index contributed by atoms with van der Waals surface area (Å²) < 4.78 is 0. The molecule has 4 heteroatoms. The minimum absolute atomic E-state index is 0.612. The third-order valence-corrected chi connectivity index (χ3v) is 2.73. The standard InChI is InChI=1S/C14H15N3S/c1-11-6-5-9-13(16-11)17-14(18)15-10-12-7-3-2-4-8-12/h2-9H,10H2,1H3,(H2,15,16,17,18)/p+1. The van der Waals surface area contributed by atoms with E-state index in [-0.39, 0.29) is 0 Å². The Morgan fingerprint density at radius 3 is 2.61 bits per heavy atom. The topological polar surface area (TPSA) is 38.2 Å². The van der Waals surface area contributed by atoms with Crippen LogP contribution in [0.25, 0.3) is 0 Å². The molecule has 1 heterocycles. The zero-order chi connectivity index (χ0) is 12.8. The molecule has 0 radical (unpaired) electrons. The van der Waals surface area contributed by atoms with Gasteiger partial charge in [0.15, 0.2) is 0 Å². The van der Waals surface area contributed by atoms with Crippen molar-refractivity contribution in [3.8, 4) is 0 Å². The van der Waals surface area contributed by atoms with Crippen molar-refractivity contribution >= 4 is 23.1 Å². The number of aryl methyl sites for hydroxylation is 1. The first kappa shape index (κ1) is 12.5. The van der Waals surface area contributed by atoms with Gasteiger partial charge in [-0.1, -0.05) is 36.4 Å². The van der Waals surface area contributed by atoms with E-state index < -0.39 is 0 Å². The maximum Gasteiger partial charge on any atom is 0.279 e. The summed E-state index contributed by atoms with van der Waals surface area (Å²) in [7, 11) is 0. The lowest BCUT2D eigenvalue weighted by molar-refractivity contribution is -0.370. The van der Waals surface area contributed by atoms with Gasteiger partial charge in [0.05, 0.1) is 5.69 Å². The van der Waals surface area contributed by atoms with Gasteiger partial charge in [-0.05, 0) is 30.8 Å². The van der Waals surface area contributed by atoms with Gasteiger partial charge in [0.2, 0.25) is 0 Å². The quantitative estimate of drug-likeness (QED) is 0.830. The van der Waals surface area contributed by atoms with Crippen molar-refractivity contribution < 1.29 is 4.98 Å². The van der Waals surface area contributed by atoms with Crippen LogP contribution >= 0.6 is 12.2 Å². The fourth-order valence-electron chi connectivity index (χ4n) is 1.60. The second kappa shape index (κ2) is 6.12. The largest absolute Gasteiger partial charge is 0.339 e. The number of nitrogens with one attached hydrogen (secondary N) is 3. The predicted molar refractivity (Wildman–Crippen MR) is 77.2 cm³/mol. The Morgan fingerprint density at radius 2 is 1.89 bits per heavy atom. The molecular formula is C14H16N3S+. The number of anilines is 1. The van der Waals surface area contributed by atoms with Gasteiger partial charge in [-0.25, -0.2) is 10.3 Å². The Morgan fingerprint density at radius 1 is 1.11 bits per heavy atom. The molecule has 0 unspecified atom stereocenters. The lowest BCUT2D eigenvalue weighted by Crippen LogP contribution is -2.30. The first-order valence-electron chi connectivity index (χ1n) is 5.82. The van der Waals surface area contributed by atoms with Crippen molar-refractivity contribution in [2.45, 2.75) is 13.5 Å². The summed E-state index contributed by atoms with van der Waals surface area (Å²) in [4.78, 5) is 3.20. The molecule has 0 aliphatic heterocycles. The van der Waals surface area contributed by atoms with E-state index in [2.05, 4.69) is 27.8 Å². The van der Waals surface area contributed by atoms with E-state index in [1.165, 1.54) is 5.56 Å². The zero-order valence-corrected chi connectivity index (χ0v) is 11.1. The molecule has 1 aromatic carbocycles. The van der Waals surface area contributed by atoms with Crippen LogP contribution in [0.5, 0.6) is 0 Å². The molecule has 0 spiro atoms. The molecule has 0 saturated carbocycles. The van der Waals surface area contributed by atoms with Crippen molar-refractivity contribution in [1.29, 1.82) is 0 Å². The third kappa shape index (κ3) is 3.82. The molecule has 0 aliphatic carbocycles. The first-order valence-corrected chi connectivity index (χ1v) is 6.22. The van der Waals surface area contributed by atoms with Gasteiger partial charge in [0.1, 0.15) is 0 Å². The SMILES string of the molecule is Cc1cccc(NC(=S)NCc2ccccc2)[nH+]1. The van der Waals surface area contributed by atoms with Crippen LogP contribution < -0.4 is 15.6 Å². The molecule has 3 N–H and O–H groups in total. The fourth-order valence-corrected chi connectivity index (χ4v) is 1.78. The maximum atomic E-state index is 5.24. The van der Waals surface area contributed by atoms with Crippen molar-refractivity contribution in [3.63, 3.8) is 0 Å². The highest BCUT2D eigenvalue weighted by Gasteiger charge is 2.05. The number of benzene rings is 1. The molecule has 18 heavy (non-hydrogen) atoms. The van der Waals surface area contributed by atoms with Crippen LogP contribution in [-0.4, -0.2) is 5.11 Å². The molecular weight excluding hydrogens is 242 g/mol. The smallest absolute Gasteiger partial charge is 0.279 e. The second-order valence-corrected chi connectivity index (χ2v) is 4.45. The molecule has 0 amide bonds. The van der Waals surface area contributed by atoms with Crippen LogP contribution in [-0.2, 0) is 6.54 Å². The van der Waals surface area contributed by atoms with E-state index in [9.17, 15) is 0 Å². The monoisotopic (exact) mass is 258 g/mol. The van der Waals surface area contributed by atoms with E-state index in [0.717, 1.165) is 18.1 Å². The summed E-state index contributed by atoms with van der Waals surface area (Å²) in [5.74, 6) is 0.889. The molecule has 0 aliphatic rings. The summed E-state index contributed by atoms with van der Waals surface area (Å²) in [5, 5.41) is 6.90. The number of hydrogen-bond acceptors (Lipinski definition) is 1. The van der Waals surface area contributed by atoms with Gasteiger partial charge in [-0.2, -0.15) is 0 Å². The third-order valence-electron chi connectivity index (χ3n) is 2.49. The highest BCUT2D eigenvalue weighted by Crippen LogP contribution is 2.00. The van der Waals surface area contributed by atoms with Gasteiger partial charge in [0.25, 0.3) is 10.9 Å². The average molecular weight is 258 g/mol. The zero-order valence-electron chi connectivity index (χ0n) is 10.2. The number of thiocarbonyl (C=S) groups is 1. The van der Waals surface area contributed by atoms with E-state index in [0.29, 0.717) is 5.11 Å².